The summed E-state index contributed by atoms with van der Waals surface area (Å²) in [6, 6.07) is 21.3. The number of pyridine rings is 1. The predicted octanol–water partition coefficient (Wildman–Crippen LogP) is 3.86. The van der Waals surface area contributed by atoms with Crippen molar-refractivity contribution in [2.24, 2.45) is 0 Å². The minimum Gasteiger partial charge on any atom is -0.399 e. The molecular weight excluding hydrogens is 328 g/mol. The number of fused-ring (bicyclic) bond motifs is 2. The molecule has 0 saturated heterocycles. The van der Waals surface area contributed by atoms with Gasteiger partial charge >= 0.3 is 0 Å². The molecule has 0 amide bonds. The Morgan fingerprint density at radius 3 is 2.73 bits per heavy atom. The van der Waals surface area contributed by atoms with E-state index >= 15 is 0 Å². The van der Waals surface area contributed by atoms with E-state index in [9.17, 15) is 0 Å². The normalized spacial score (nSPS) is 11.2. The number of aromatic nitrogens is 4. The van der Waals surface area contributed by atoms with E-state index in [4.69, 9.17) is 10.3 Å². The Hall–Kier alpha value is -3.87. The number of anilines is 3. The van der Waals surface area contributed by atoms with Crippen LogP contribution in [0.25, 0.3) is 27.9 Å². The van der Waals surface area contributed by atoms with Crippen molar-refractivity contribution < 1.29 is 4.52 Å². The molecule has 0 saturated carbocycles. The minimum atomic E-state index is 0.445. The van der Waals surface area contributed by atoms with Crippen molar-refractivity contribution in [2.45, 2.75) is 0 Å². The van der Waals surface area contributed by atoms with Gasteiger partial charge in [-0.15, -0.1) is 5.10 Å². The zero-order valence-corrected chi connectivity index (χ0v) is 13.6. The standard InChI is InChI=1S/C19H14N6O/c20-13-9-10-14-16(11-13)26-24-18(14)22-19-21-17-8-4-7-15(25(17)23-19)12-5-2-1-3-6-12/h1-11H,20H2,(H,22,23,24). The summed E-state index contributed by atoms with van der Waals surface area (Å²) in [4.78, 5) is 4.53. The highest BCUT2D eigenvalue weighted by atomic mass is 16.5. The molecule has 3 aromatic heterocycles. The first-order valence-electron chi connectivity index (χ1n) is 8.11. The van der Waals surface area contributed by atoms with Crippen molar-refractivity contribution in [3.63, 3.8) is 0 Å². The Kier molecular flexibility index (Phi) is 3.11. The summed E-state index contributed by atoms with van der Waals surface area (Å²) in [5.41, 5.74) is 9.78. The van der Waals surface area contributed by atoms with Crippen molar-refractivity contribution in [1.29, 1.82) is 0 Å². The number of hydrogen-bond donors (Lipinski definition) is 2. The SMILES string of the molecule is Nc1ccc2c(Nc3nc4cccc(-c5ccccc5)n4n3)noc2c1. The summed E-state index contributed by atoms with van der Waals surface area (Å²) in [5, 5.41) is 12.6. The first kappa shape index (κ1) is 14.5. The van der Waals surface area contributed by atoms with Crippen LogP contribution in [0, 0.1) is 0 Å². The van der Waals surface area contributed by atoms with Crippen LogP contribution in [0.15, 0.2) is 71.3 Å². The molecule has 0 bridgehead atoms. The van der Waals surface area contributed by atoms with Crippen molar-refractivity contribution in [3.8, 4) is 11.3 Å². The van der Waals surface area contributed by atoms with Crippen molar-refractivity contribution in [3.05, 3.63) is 66.7 Å². The fraction of sp³-hybridized carbons (Fsp3) is 0. The number of rotatable bonds is 3. The monoisotopic (exact) mass is 342 g/mol. The second-order valence-corrected chi connectivity index (χ2v) is 5.89. The first-order chi connectivity index (χ1) is 12.8. The van der Waals surface area contributed by atoms with E-state index < -0.39 is 0 Å². The van der Waals surface area contributed by atoms with E-state index in [1.165, 1.54) is 0 Å². The van der Waals surface area contributed by atoms with Crippen LogP contribution in [0.4, 0.5) is 17.5 Å². The molecule has 0 aliphatic heterocycles. The average molecular weight is 342 g/mol. The van der Waals surface area contributed by atoms with Crippen molar-refractivity contribution in [1.82, 2.24) is 19.8 Å². The molecule has 2 aromatic carbocycles. The molecule has 7 heteroatoms. The molecule has 7 nitrogen and oxygen atoms in total. The Bertz CT molecular complexity index is 1220. The molecule has 26 heavy (non-hydrogen) atoms. The third-order valence-corrected chi connectivity index (χ3v) is 4.16. The third-order valence-electron chi connectivity index (χ3n) is 4.16. The molecule has 0 atom stereocenters. The van der Waals surface area contributed by atoms with Crippen molar-refractivity contribution in [2.75, 3.05) is 11.1 Å². The van der Waals surface area contributed by atoms with E-state index in [1.807, 2.05) is 54.6 Å². The highest BCUT2D eigenvalue weighted by Gasteiger charge is 2.13. The van der Waals surface area contributed by atoms with Gasteiger partial charge in [0, 0.05) is 17.3 Å². The fourth-order valence-corrected chi connectivity index (χ4v) is 2.94. The van der Waals surface area contributed by atoms with Crippen LogP contribution in [-0.2, 0) is 0 Å². The van der Waals surface area contributed by atoms with Crippen LogP contribution in [0.3, 0.4) is 0 Å². The van der Waals surface area contributed by atoms with Gasteiger partial charge in [-0.3, -0.25) is 0 Å². The van der Waals surface area contributed by atoms with Crippen LogP contribution in [0.5, 0.6) is 0 Å². The lowest BCUT2D eigenvalue weighted by Crippen LogP contribution is -1.96. The quantitative estimate of drug-likeness (QED) is 0.483. The molecule has 0 radical (unpaired) electrons. The van der Waals surface area contributed by atoms with E-state index in [2.05, 4.69) is 20.6 Å². The molecular formula is C19H14N6O. The van der Waals surface area contributed by atoms with Gasteiger partial charge in [0.15, 0.2) is 17.0 Å². The predicted molar refractivity (Wildman–Crippen MR) is 100 cm³/mol. The van der Waals surface area contributed by atoms with Crippen LogP contribution in [0.1, 0.15) is 0 Å². The van der Waals surface area contributed by atoms with Gasteiger partial charge in [0.05, 0.1) is 11.1 Å². The summed E-state index contributed by atoms with van der Waals surface area (Å²) in [5.74, 6) is 0.998. The summed E-state index contributed by atoms with van der Waals surface area (Å²) < 4.78 is 7.12. The lowest BCUT2D eigenvalue weighted by Gasteiger charge is -2.03. The topological polar surface area (TPSA) is 94.3 Å². The largest absolute Gasteiger partial charge is 0.399 e. The van der Waals surface area contributed by atoms with Crippen LogP contribution >= 0.6 is 0 Å². The minimum absolute atomic E-state index is 0.445. The maximum Gasteiger partial charge on any atom is 0.248 e. The fourth-order valence-electron chi connectivity index (χ4n) is 2.94. The zero-order valence-electron chi connectivity index (χ0n) is 13.6. The molecule has 5 aromatic rings. The van der Waals surface area contributed by atoms with Crippen molar-refractivity contribution >= 4 is 34.1 Å². The molecule has 0 spiro atoms. The number of nitrogens with one attached hydrogen (secondary N) is 1. The molecule has 3 heterocycles. The van der Waals surface area contributed by atoms with Gasteiger partial charge < -0.3 is 15.6 Å². The van der Waals surface area contributed by atoms with Gasteiger partial charge in [0.25, 0.3) is 0 Å². The molecule has 0 fully saturated rings. The maximum absolute atomic E-state index is 5.77. The molecule has 3 N–H and O–H groups in total. The van der Waals surface area contributed by atoms with Gasteiger partial charge in [0.2, 0.25) is 5.95 Å². The second kappa shape index (κ2) is 5.59. The van der Waals surface area contributed by atoms with Gasteiger partial charge in [-0.25, -0.2) is 4.52 Å². The number of benzene rings is 2. The molecule has 0 aliphatic carbocycles. The number of hydrogen-bond acceptors (Lipinski definition) is 6. The van der Waals surface area contributed by atoms with E-state index in [-0.39, 0.29) is 0 Å². The van der Waals surface area contributed by atoms with E-state index in [0.29, 0.717) is 23.0 Å². The first-order valence-corrected chi connectivity index (χ1v) is 8.11. The molecule has 5 rings (SSSR count). The highest BCUT2D eigenvalue weighted by Crippen LogP contribution is 2.27. The highest BCUT2D eigenvalue weighted by molar-refractivity contribution is 5.91. The number of nitrogen functional groups attached to an aromatic ring is 1. The number of nitrogens with zero attached hydrogens (tertiary/aromatic N) is 4. The van der Waals surface area contributed by atoms with Crippen LogP contribution in [0.2, 0.25) is 0 Å². The van der Waals surface area contributed by atoms with E-state index in [1.54, 1.807) is 16.6 Å². The van der Waals surface area contributed by atoms with Gasteiger partial charge in [-0.1, -0.05) is 41.6 Å². The van der Waals surface area contributed by atoms with Gasteiger partial charge in [-0.05, 0) is 24.3 Å². The van der Waals surface area contributed by atoms with Crippen LogP contribution < -0.4 is 11.1 Å². The summed E-state index contributed by atoms with van der Waals surface area (Å²) in [6.07, 6.45) is 0. The molecule has 0 unspecified atom stereocenters. The molecule has 126 valence electrons. The average Bonchev–Trinajstić information content (AvgIpc) is 3.25. The smallest absolute Gasteiger partial charge is 0.248 e. The van der Waals surface area contributed by atoms with Crippen LogP contribution in [-0.4, -0.2) is 19.8 Å². The summed E-state index contributed by atoms with van der Waals surface area (Å²) in [7, 11) is 0. The summed E-state index contributed by atoms with van der Waals surface area (Å²) in [6.45, 7) is 0. The lowest BCUT2D eigenvalue weighted by molar-refractivity contribution is 0.460. The lowest BCUT2D eigenvalue weighted by atomic mass is 10.1. The Morgan fingerprint density at radius 1 is 0.962 bits per heavy atom. The Morgan fingerprint density at radius 2 is 1.85 bits per heavy atom. The molecule has 0 aliphatic rings. The Balaban J connectivity index is 1.58. The van der Waals surface area contributed by atoms with E-state index in [0.717, 1.165) is 22.3 Å². The van der Waals surface area contributed by atoms with Gasteiger partial charge in [0.1, 0.15) is 0 Å². The maximum atomic E-state index is 5.77. The Labute approximate surface area is 148 Å². The third kappa shape index (κ3) is 2.34. The second-order valence-electron chi connectivity index (χ2n) is 5.89. The van der Waals surface area contributed by atoms with Gasteiger partial charge in [-0.2, -0.15) is 4.98 Å². The summed E-state index contributed by atoms with van der Waals surface area (Å²) >= 11 is 0. The zero-order chi connectivity index (χ0) is 17.5. The number of nitrogens with two attached hydrogens (primary N) is 1.